The van der Waals surface area contributed by atoms with Gasteiger partial charge in [0.15, 0.2) is 0 Å². The molecule has 0 radical (unpaired) electrons. The summed E-state index contributed by atoms with van der Waals surface area (Å²) in [6.45, 7) is 3.78. The highest BCUT2D eigenvalue weighted by Crippen LogP contribution is 2.28. The molecule has 0 atom stereocenters. The molecule has 0 spiro atoms. The molecule has 1 aromatic rings. The second-order valence-electron chi connectivity index (χ2n) is 6.63. The Hall–Kier alpha value is -2.37. The molecule has 1 aliphatic heterocycles. The number of rotatable bonds is 9. The van der Waals surface area contributed by atoms with Gasteiger partial charge in [0.05, 0.1) is 41.0 Å². The predicted octanol–water partition coefficient (Wildman–Crippen LogP) is 1.51. The van der Waals surface area contributed by atoms with Crippen LogP contribution in [0.15, 0.2) is 40.3 Å². The Labute approximate surface area is 179 Å². The Balaban J connectivity index is 1.87. The van der Waals surface area contributed by atoms with Gasteiger partial charge in [0.1, 0.15) is 0 Å². The lowest BCUT2D eigenvalue weighted by molar-refractivity contribution is -0.134. The van der Waals surface area contributed by atoms with E-state index in [1.807, 2.05) is 0 Å². The monoisotopic (exact) mass is 456 g/mol. The number of benzene rings is 1. The highest BCUT2D eigenvalue weighted by Gasteiger charge is 2.27. The summed E-state index contributed by atoms with van der Waals surface area (Å²) >= 11 is 1.24. The number of nitrogens with zero attached hydrogens (tertiary/aromatic N) is 1. The Morgan fingerprint density at radius 3 is 2.53 bits per heavy atom. The number of carbonyl (C=O) groups excluding carboxylic acids is 3. The lowest BCUT2D eigenvalue weighted by Gasteiger charge is -2.16. The van der Waals surface area contributed by atoms with Gasteiger partial charge in [0.25, 0.3) is 0 Å². The number of ether oxygens (including phenoxy) is 2. The minimum absolute atomic E-state index is 0.0581. The quantitative estimate of drug-likeness (QED) is 0.337. The fraction of sp³-hybridized carbons (Fsp3) is 0.421. The van der Waals surface area contributed by atoms with Crippen molar-refractivity contribution in [2.45, 2.75) is 31.2 Å². The molecule has 1 heterocycles. The maximum absolute atomic E-state index is 12.1. The van der Waals surface area contributed by atoms with E-state index in [0.717, 1.165) is 0 Å². The summed E-state index contributed by atoms with van der Waals surface area (Å²) in [4.78, 5) is 37.0. The first-order chi connectivity index (χ1) is 14.1. The zero-order valence-electron chi connectivity index (χ0n) is 16.9. The van der Waals surface area contributed by atoms with Gasteiger partial charge < -0.3 is 14.4 Å². The largest absolute Gasteiger partial charge is 0.466 e. The molecule has 30 heavy (non-hydrogen) atoms. The molecule has 11 heteroatoms. The average molecular weight is 457 g/mol. The summed E-state index contributed by atoms with van der Waals surface area (Å²) in [7, 11) is -2.38. The molecule has 1 amide bonds. The van der Waals surface area contributed by atoms with Gasteiger partial charge in [-0.1, -0.05) is 11.8 Å². The fourth-order valence-corrected chi connectivity index (χ4v) is 4.75. The van der Waals surface area contributed by atoms with Crippen LogP contribution in [0.1, 0.15) is 30.6 Å². The Bertz CT molecular complexity index is 925. The van der Waals surface area contributed by atoms with Crippen molar-refractivity contribution in [2.75, 3.05) is 26.0 Å². The molecule has 0 saturated carbocycles. The Kier molecular flexibility index (Phi) is 8.44. The van der Waals surface area contributed by atoms with Crippen molar-refractivity contribution in [3.63, 3.8) is 0 Å². The first-order valence-electron chi connectivity index (χ1n) is 9.16. The number of carbonyl (C=O) groups is 3. The van der Waals surface area contributed by atoms with E-state index < -0.39 is 22.0 Å². The number of amides is 1. The number of esters is 2. The summed E-state index contributed by atoms with van der Waals surface area (Å²) in [5.41, 5.74) is 0.220. The summed E-state index contributed by atoms with van der Waals surface area (Å²) in [5, 5.41) is 0.505. The topological polar surface area (TPSA) is 119 Å². The van der Waals surface area contributed by atoms with E-state index >= 15 is 0 Å². The van der Waals surface area contributed by atoms with Crippen LogP contribution in [-0.2, 0) is 29.1 Å². The molecule has 1 aromatic carbocycles. The number of hydrogen-bond acceptors (Lipinski definition) is 8. The van der Waals surface area contributed by atoms with Crippen LogP contribution < -0.4 is 4.72 Å². The van der Waals surface area contributed by atoms with Crippen molar-refractivity contribution in [3.8, 4) is 0 Å². The summed E-state index contributed by atoms with van der Waals surface area (Å²) in [6.07, 6.45) is 1.63. The van der Waals surface area contributed by atoms with Crippen molar-refractivity contribution in [2.24, 2.45) is 0 Å². The van der Waals surface area contributed by atoms with Gasteiger partial charge in [-0.05, 0) is 44.5 Å². The normalized spacial score (nSPS) is 15.7. The molecule has 0 aliphatic carbocycles. The number of thioether (sulfide) groups is 1. The molecule has 0 aromatic heterocycles. The summed E-state index contributed by atoms with van der Waals surface area (Å²) in [5.74, 6) is -1.03. The van der Waals surface area contributed by atoms with E-state index in [-0.39, 0.29) is 34.8 Å². The van der Waals surface area contributed by atoms with Gasteiger partial charge in [-0.25, -0.2) is 22.7 Å². The van der Waals surface area contributed by atoms with E-state index in [0.29, 0.717) is 18.0 Å². The first kappa shape index (κ1) is 23.9. The van der Waals surface area contributed by atoms with Crippen LogP contribution in [0.25, 0.3) is 0 Å². The number of nitrogens with one attached hydrogen (secondary N) is 1. The third kappa shape index (κ3) is 6.57. The van der Waals surface area contributed by atoms with E-state index in [9.17, 15) is 22.8 Å². The third-order valence-corrected chi connectivity index (χ3v) is 6.60. The first-order valence-corrected chi connectivity index (χ1v) is 11.6. The van der Waals surface area contributed by atoms with Crippen LogP contribution in [0.5, 0.6) is 0 Å². The predicted molar refractivity (Wildman–Crippen MR) is 111 cm³/mol. The second-order valence-corrected chi connectivity index (χ2v) is 9.34. The number of hydrogen-bond donors (Lipinski definition) is 1. The fourth-order valence-electron chi connectivity index (χ4n) is 2.55. The van der Waals surface area contributed by atoms with Crippen LogP contribution in [-0.4, -0.2) is 63.2 Å². The van der Waals surface area contributed by atoms with Crippen LogP contribution in [0.2, 0.25) is 0 Å². The molecule has 2 rings (SSSR count). The van der Waals surface area contributed by atoms with Gasteiger partial charge >= 0.3 is 11.9 Å². The van der Waals surface area contributed by atoms with Gasteiger partial charge in [-0.2, -0.15) is 0 Å². The van der Waals surface area contributed by atoms with Crippen LogP contribution >= 0.6 is 11.8 Å². The molecule has 1 N–H and O–H groups in total. The highest BCUT2D eigenvalue weighted by atomic mass is 32.2. The summed E-state index contributed by atoms with van der Waals surface area (Å²) in [6, 6.07) is 5.20. The van der Waals surface area contributed by atoms with E-state index in [1.165, 1.54) is 54.1 Å². The average Bonchev–Trinajstić information content (AvgIpc) is 3.03. The molecule has 0 unspecified atom stereocenters. The lowest BCUT2D eigenvalue weighted by Crippen LogP contribution is -2.30. The van der Waals surface area contributed by atoms with Crippen molar-refractivity contribution in [1.29, 1.82) is 0 Å². The van der Waals surface area contributed by atoms with E-state index in [4.69, 9.17) is 4.74 Å². The lowest BCUT2D eigenvalue weighted by atomic mass is 10.2. The molecule has 1 saturated heterocycles. The number of sulfonamides is 1. The smallest absolute Gasteiger partial charge is 0.338 e. The second kappa shape index (κ2) is 10.6. The highest BCUT2D eigenvalue weighted by molar-refractivity contribution is 8.04. The molecule has 1 fully saturated rings. The van der Waals surface area contributed by atoms with Crippen molar-refractivity contribution < 1.29 is 32.3 Å². The zero-order chi connectivity index (χ0) is 22.3. The van der Waals surface area contributed by atoms with E-state index in [2.05, 4.69) is 9.46 Å². The van der Waals surface area contributed by atoms with Crippen LogP contribution in [0.4, 0.5) is 0 Å². The molecule has 164 valence electrons. The van der Waals surface area contributed by atoms with Crippen molar-refractivity contribution in [3.05, 3.63) is 40.9 Å². The molecular formula is C19H24N2O7S2. The van der Waals surface area contributed by atoms with E-state index in [1.54, 1.807) is 13.8 Å². The van der Waals surface area contributed by atoms with Gasteiger partial charge in [0, 0.05) is 12.6 Å². The zero-order valence-corrected chi connectivity index (χ0v) is 18.5. The van der Waals surface area contributed by atoms with Crippen molar-refractivity contribution >= 4 is 39.6 Å². The maximum Gasteiger partial charge on any atom is 0.338 e. The van der Waals surface area contributed by atoms with Crippen molar-refractivity contribution in [1.82, 2.24) is 9.62 Å². The molecule has 9 nitrogen and oxygen atoms in total. The van der Waals surface area contributed by atoms with Gasteiger partial charge in [-0.3, -0.25) is 4.79 Å². The Morgan fingerprint density at radius 1 is 1.27 bits per heavy atom. The number of methoxy groups -OCH3 is 1. The minimum atomic E-state index is -3.63. The molecule has 1 aliphatic rings. The molecule has 0 bridgehead atoms. The SMILES string of the molecule is COC(=O)/C=C1/SCC(=O)N1CCCOC(=O)c1ccc(S(=O)(=O)NC(C)C)cc1. The summed E-state index contributed by atoms with van der Waals surface area (Å²) < 4.78 is 36.4. The molecular weight excluding hydrogens is 432 g/mol. The minimum Gasteiger partial charge on any atom is -0.466 e. The van der Waals surface area contributed by atoms with Gasteiger partial charge in [0.2, 0.25) is 15.9 Å². The Morgan fingerprint density at radius 2 is 1.93 bits per heavy atom. The van der Waals surface area contributed by atoms with Gasteiger partial charge in [-0.15, -0.1) is 0 Å². The maximum atomic E-state index is 12.1. The standard InChI is InChI=1S/C19H24N2O7S2/c1-13(2)20-30(25,26)15-7-5-14(6-8-15)19(24)28-10-4-9-21-16(22)12-29-17(21)11-18(23)27-3/h5-8,11,13,20H,4,9-10,12H2,1-3H3/b17-11+. The van der Waals surface area contributed by atoms with Crippen LogP contribution in [0, 0.1) is 0 Å². The third-order valence-electron chi connectivity index (χ3n) is 3.90. The van der Waals surface area contributed by atoms with Crippen LogP contribution in [0.3, 0.4) is 0 Å².